The van der Waals surface area contributed by atoms with Crippen LogP contribution in [0.15, 0.2) is 36.4 Å². The van der Waals surface area contributed by atoms with E-state index in [2.05, 4.69) is 0 Å². The monoisotopic (exact) mass is 310 g/mol. The highest BCUT2D eigenvalue weighted by Crippen LogP contribution is 2.31. The third-order valence-corrected chi connectivity index (χ3v) is 3.35. The molecule has 3 nitrogen and oxygen atoms in total. The normalized spacial score (nSPS) is 12.0. The topological polar surface area (TPSA) is 38.7 Å². The van der Waals surface area contributed by atoms with Gasteiger partial charge in [0.25, 0.3) is 0 Å². The Kier molecular flexibility index (Phi) is 5.04. The van der Waals surface area contributed by atoms with Crippen LogP contribution in [0.3, 0.4) is 0 Å². The summed E-state index contributed by atoms with van der Waals surface area (Å²) in [6.45, 7) is 1.87. The smallest absolute Gasteiger partial charge is 0.161 e. The van der Waals surface area contributed by atoms with Crippen LogP contribution in [-0.4, -0.2) is 12.2 Å². The van der Waals surface area contributed by atoms with Gasteiger partial charge in [0, 0.05) is 0 Å². The van der Waals surface area contributed by atoms with Gasteiger partial charge in [-0.15, -0.1) is 0 Å². The molecule has 0 aliphatic rings. The van der Waals surface area contributed by atoms with Crippen molar-refractivity contribution in [3.8, 4) is 11.5 Å². The van der Waals surface area contributed by atoms with Gasteiger partial charge in [-0.3, -0.25) is 0 Å². The van der Waals surface area contributed by atoms with E-state index in [1.807, 2.05) is 0 Å². The molecule has 0 radical (unpaired) electrons. The Morgan fingerprint density at radius 3 is 2.57 bits per heavy atom. The summed E-state index contributed by atoms with van der Waals surface area (Å²) in [5, 5.41) is 9.63. The number of methoxy groups -OCH3 is 1. The summed E-state index contributed by atoms with van der Waals surface area (Å²) in [4.78, 5) is 0. The highest BCUT2D eigenvalue weighted by atomic mass is 35.5. The van der Waals surface area contributed by atoms with Gasteiger partial charge < -0.3 is 14.6 Å². The number of aliphatic hydroxyl groups is 1. The molecule has 0 unspecified atom stereocenters. The Balaban J connectivity index is 2.13. The Labute approximate surface area is 127 Å². The number of hydrogen-bond donors (Lipinski definition) is 1. The number of ether oxygens (including phenoxy) is 2. The molecule has 0 bridgehead atoms. The first kappa shape index (κ1) is 15.6. The molecule has 1 atom stereocenters. The van der Waals surface area contributed by atoms with E-state index in [4.69, 9.17) is 21.1 Å². The lowest BCUT2D eigenvalue weighted by atomic mass is 10.1. The number of benzene rings is 2. The maximum atomic E-state index is 13.4. The first-order chi connectivity index (χ1) is 10.0. The molecular weight excluding hydrogens is 295 g/mol. The third kappa shape index (κ3) is 3.86. The molecule has 0 aromatic heterocycles. The van der Waals surface area contributed by atoms with Gasteiger partial charge in [0.1, 0.15) is 12.4 Å². The zero-order valence-corrected chi connectivity index (χ0v) is 12.5. The summed E-state index contributed by atoms with van der Waals surface area (Å²) in [7, 11) is 1.52. The van der Waals surface area contributed by atoms with Crippen molar-refractivity contribution in [1.82, 2.24) is 0 Å². The second kappa shape index (κ2) is 6.78. The van der Waals surface area contributed by atoms with Gasteiger partial charge in [0.05, 0.1) is 18.2 Å². The maximum Gasteiger partial charge on any atom is 0.161 e. The zero-order valence-electron chi connectivity index (χ0n) is 11.8. The van der Waals surface area contributed by atoms with Gasteiger partial charge in [-0.25, -0.2) is 4.39 Å². The van der Waals surface area contributed by atoms with E-state index in [0.29, 0.717) is 17.1 Å². The van der Waals surface area contributed by atoms with Gasteiger partial charge in [-0.05, 0) is 42.3 Å². The van der Waals surface area contributed by atoms with Crippen molar-refractivity contribution in [3.63, 3.8) is 0 Å². The molecule has 0 fully saturated rings. The molecule has 21 heavy (non-hydrogen) atoms. The highest BCUT2D eigenvalue weighted by Gasteiger charge is 2.09. The van der Waals surface area contributed by atoms with E-state index in [-0.39, 0.29) is 11.6 Å². The predicted molar refractivity (Wildman–Crippen MR) is 79.4 cm³/mol. The van der Waals surface area contributed by atoms with E-state index < -0.39 is 11.9 Å². The summed E-state index contributed by atoms with van der Waals surface area (Å²) in [5.74, 6) is 0.564. The van der Waals surface area contributed by atoms with Crippen LogP contribution in [-0.2, 0) is 6.61 Å². The van der Waals surface area contributed by atoms with Gasteiger partial charge in [-0.1, -0.05) is 23.7 Å². The average Bonchev–Trinajstić information content (AvgIpc) is 2.48. The van der Waals surface area contributed by atoms with Gasteiger partial charge in [0.15, 0.2) is 11.5 Å². The van der Waals surface area contributed by atoms with Crippen LogP contribution in [0.25, 0.3) is 0 Å². The summed E-state index contributed by atoms with van der Waals surface area (Å²) >= 11 is 5.63. The lowest BCUT2D eigenvalue weighted by Crippen LogP contribution is -2.00. The zero-order chi connectivity index (χ0) is 15.4. The first-order valence-electron chi connectivity index (χ1n) is 6.44. The van der Waals surface area contributed by atoms with Crippen LogP contribution in [0.2, 0.25) is 5.02 Å². The third-order valence-electron chi connectivity index (χ3n) is 3.05. The van der Waals surface area contributed by atoms with Crippen molar-refractivity contribution >= 4 is 11.6 Å². The molecule has 5 heteroatoms. The van der Waals surface area contributed by atoms with Crippen molar-refractivity contribution in [2.24, 2.45) is 0 Å². The molecule has 112 valence electrons. The fourth-order valence-corrected chi connectivity index (χ4v) is 1.97. The van der Waals surface area contributed by atoms with Crippen LogP contribution in [0.1, 0.15) is 24.2 Å². The maximum absolute atomic E-state index is 13.4. The average molecular weight is 311 g/mol. The molecule has 0 aliphatic carbocycles. The highest BCUT2D eigenvalue weighted by molar-refractivity contribution is 6.30. The Bertz CT molecular complexity index is 629. The second-order valence-corrected chi connectivity index (χ2v) is 5.03. The lowest BCUT2D eigenvalue weighted by Gasteiger charge is -2.13. The van der Waals surface area contributed by atoms with Crippen molar-refractivity contribution in [3.05, 3.63) is 58.4 Å². The summed E-state index contributed by atoms with van der Waals surface area (Å²) < 4.78 is 24.2. The van der Waals surface area contributed by atoms with E-state index in [9.17, 15) is 9.50 Å². The summed E-state index contributed by atoms with van der Waals surface area (Å²) in [5.41, 5.74) is 1.40. The van der Waals surface area contributed by atoms with Crippen LogP contribution >= 0.6 is 11.6 Å². The van der Waals surface area contributed by atoms with Crippen LogP contribution in [0.5, 0.6) is 11.5 Å². The molecule has 1 N–H and O–H groups in total. The summed E-state index contributed by atoms with van der Waals surface area (Å²) in [6, 6.07) is 9.70. The van der Waals surface area contributed by atoms with E-state index in [1.54, 1.807) is 31.2 Å². The Morgan fingerprint density at radius 1 is 1.19 bits per heavy atom. The Morgan fingerprint density at radius 2 is 1.95 bits per heavy atom. The van der Waals surface area contributed by atoms with Gasteiger partial charge in [0.2, 0.25) is 0 Å². The molecule has 2 aromatic carbocycles. The standard InChI is InChI=1S/C16H16ClFO3/c1-10(19)12-4-6-15(16(8-12)20-2)21-9-11-3-5-13(17)14(18)7-11/h3-8,10,19H,9H2,1-2H3/t10-/m1/s1. The van der Waals surface area contributed by atoms with Crippen molar-refractivity contribution in [2.45, 2.75) is 19.6 Å². The minimum absolute atomic E-state index is 0.0811. The van der Waals surface area contributed by atoms with Crippen LogP contribution < -0.4 is 9.47 Å². The molecule has 0 spiro atoms. The van der Waals surface area contributed by atoms with Crippen molar-refractivity contribution in [2.75, 3.05) is 7.11 Å². The number of rotatable bonds is 5. The van der Waals surface area contributed by atoms with E-state index >= 15 is 0 Å². The number of aliphatic hydroxyl groups excluding tert-OH is 1. The van der Waals surface area contributed by atoms with Gasteiger partial charge in [-0.2, -0.15) is 0 Å². The first-order valence-corrected chi connectivity index (χ1v) is 6.81. The molecule has 0 saturated carbocycles. The summed E-state index contributed by atoms with van der Waals surface area (Å²) in [6.07, 6.45) is -0.585. The molecule has 0 heterocycles. The van der Waals surface area contributed by atoms with Crippen molar-refractivity contribution < 1.29 is 19.0 Å². The SMILES string of the molecule is COc1cc([C@@H](C)O)ccc1OCc1ccc(Cl)c(F)c1. The quantitative estimate of drug-likeness (QED) is 0.903. The molecule has 0 saturated heterocycles. The van der Waals surface area contributed by atoms with Crippen LogP contribution in [0, 0.1) is 5.82 Å². The fourth-order valence-electron chi connectivity index (χ4n) is 1.85. The molecule has 0 amide bonds. The predicted octanol–water partition coefficient (Wildman–Crippen LogP) is 4.12. The van der Waals surface area contributed by atoms with Crippen molar-refractivity contribution in [1.29, 1.82) is 0 Å². The van der Waals surface area contributed by atoms with E-state index in [0.717, 1.165) is 5.56 Å². The molecular formula is C16H16ClFO3. The number of halogens is 2. The molecule has 0 aliphatic heterocycles. The van der Waals surface area contributed by atoms with Crippen LogP contribution in [0.4, 0.5) is 4.39 Å². The second-order valence-electron chi connectivity index (χ2n) is 4.62. The fraction of sp³-hybridized carbons (Fsp3) is 0.250. The molecule has 2 aromatic rings. The van der Waals surface area contributed by atoms with E-state index in [1.165, 1.54) is 19.2 Å². The van der Waals surface area contributed by atoms with Gasteiger partial charge >= 0.3 is 0 Å². The largest absolute Gasteiger partial charge is 0.493 e. The Hall–Kier alpha value is -1.78. The lowest BCUT2D eigenvalue weighted by molar-refractivity contribution is 0.198. The molecule has 2 rings (SSSR count). The minimum Gasteiger partial charge on any atom is -0.493 e. The minimum atomic E-state index is -0.585. The number of hydrogen-bond acceptors (Lipinski definition) is 3.